The molecule has 1 aliphatic rings. The van der Waals surface area contributed by atoms with Gasteiger partial charge in [0.05, 0.1) is 7.11 Å². The summed E-state index contributed by atoms with van der Waals surface area (Å²) in [4.78, 5) is 18.6. The molecule has 3 aromatic rings. The maximum Gasteiger partial charge on any atom is 0.280 e. The summed E-state index contributed by atoms with van der Waals surface area (Å²) in [7, 11) is 1.58. The number of hydrogen-bond donors (Lipinski definition) is 1. The van der Waals surface area contributed by atoms with E-state index < -0.39 is 5.72 Å². The number of amides is 1. The van der Waals surface area contributed by atoms with Crippen molar-refractivity contribution in [1.29, 1.82) is 0 Å². The summed E-state index contributed by atoms with van der Waals surface area (Å²) < 4.78 is 5.18. The van der Waals surface area contributed by atoms with Crippen LogP contribution in [-0.2, 0) is 5.72 Å². The molecule has 4 rings (SSSR count). The van der Waals surface area contributed by atoms with Gasteiger partial charge in [0.15, 0.2) is 5.72 Å². The summed E-state index contributed by atoms with van der Waals surface area (Å²) in [6, 6.07) is 19.6. The first-order valence-corrected chi connectivity index (χ1v) is 7.88. The predicted octanol–water partition coefficient (Wildman–Crippen LogP) is 2.94. The molecule has 25 heavy (non-hydrogen) atoms. The highest BCUT2D eigenvalue weighted by molar-refractivity contribution is 6.11. The van der Waals surface area contributed by atoms with Crippen LogP contribution >= 0.6 is 0 Å². The van der Waals surface area contributed by atoms with E-state index in [1.807, 2.05) is 18.2 Å². The molecule has 0 aliphatic carbocycles. The second kappa shape index (κ2) is 5.72. The van der Waals surface area contributed by atoms with Crippen LogP contribution in [-0.4, -0.2) is 23.1 Å². The molecule has 0 saturated heterocycles. The predicted molar refractivity (Wildman–Crippen MR) is 93.5 cm³/mol. The van der Waals surface area contributed by atoms with E-state index in [1.165, 1.54) is 4.90 Å². The lowest BCUT2D eigenvalue weighted by atomic mass is 9.95. The Balaban J connectivity index is 1.94. The zero-order valence-electron chi connectivity index (χ0n) is 13.6. The number of nitrogens with zero attached hydrogens (tertiary/aromatic N) is 2. The SMILES string of the molecule is COc1ccc(N2C(=O)c3ncccc3[C@]2(O)c2ccccc2)cc1. The lowest BCUT2D eigenvalue weighted by molar-refractivity contribution is 0.0703. The van der Waals surface area contributed by atoms with E-state index >= 15 is 0 Å². The van der Waals surface area contributed by atoms with Gasteiger partial charge in [-0.2, -0.15) is 0 Å². The third-order valence-electron chi connectivity index (χ3n) is 4.42. The maximum absolute atomic E-state index is 13.0. The number of carbonyl (C=O) groups is 1. The van der Waals surface area contributed by atoms with Crippen molar-refractivity contribution >= 4 is 11.6 Å². The monoisotopic (exact) mass is 332 g/mol. The Bertz CT molecular complexity index is 925. The fourth-order valence-corrected chi connectivity index (χ4v) is 3.22. The number of hydrogen-bond acceptors (Lipinski definition) is 4. The third kappa shape index (κ3) is 2.21. The van der Waals surface area contributed by atoms with Crippen molar-refractivity contribution < 1.29 is 14.6 Å². The smallest absolute Gasteiger partial charge is 0.280 e. The lowest BCUT2D eigenvalue weighted by Crippen LogP contribution is -2.45. The van der Waals surface area contributed by atoms with E-state index in [-0.39, 0.29) is 11.6 Å². The zero-order valence-corrected chi connectivity index (χ0v) is 13.6. The van der Waals surface area contributed by atoms with Gasteiger partial charge in [-0.25, -0.2) is 0 Å². The minimum Gasteiger partial charge on any atom is -0.497 e. The Morgan fingerprint density at radius 3 is 2.40 bits per heavy atom. The quantitative estimate of drug-likeness (QED) is 0.801. The van der Waals surface area contributed by atoms with E-state index in [9.17, 15) is 9.90 Å². The number of fused-ring (bicyclic) bond motifs is 1. The van der Waals surface area contributed by atoms with Gasteiger partial charge in [0.2, 0.25) is 0 Å². The average molecular weight is 332 g/mol. The van der Waals surface area contributed by atoms with E-state index in [0.717, 1.165) is 0 Å². The Morgan fingerprint density at radius 2 is 1.72 bits per heavy atom. The maximum atomic E-state index is 13.0. The standard InChI is InChI=1S/C20H16N2O3/c1-25-16-11-9-15(10-12-16)22-19(23)18-17(8-5-13-21-18)20(22,24)14-6-3-2-4-7-14/h2-13,24H,1H3/t20-/m1/s1. The van der Waals surface area contributed by atoms with Crippen LogP contribution in [0.5, 0.6) is 5.75 Å². The van der Waals surface area contributed by atoms with Crippen molar-refractivity contribution in [3.63, 3.8) is 0 Å². The number of carbonyl (C=O) groups excluding carboxylic acids is 1. The number of anilines is 1. The highest BCUT2D eigenvalue weighted by Crippen LogP contribution is 2.44. The molecule has 1 aliphatic heterocycles. The summed E-state index contributed by atoms with van der Waals surface area (Å²) in [5.74, 6) is 0.335. The second-order valence-electron chi connectivity index (χ2n) is 5.78. The Labute approximate surface area is 145 Å². The molecule has 1 atom stereocenters. The molecule has 0 radical (unpaired) electrons. The number of benzene rings is 2. The largest absolute Gasteiger partial charge is 0.497 e. The van der Waals surface area contributed by atoms with Crippen molar-refractivity contribution in [2.45, 2.75) is 5.72 Å². The number of pyridine rings is 1. The van der Waals surface area contributed by atoms with Crippen LogP contribution in [0.15, 0.2) is 72.9 Å². The molecular formula is C20H16N2O3. The first-order chi connectivity index (χ1) is 12.2. The zero-order chi connectivity index (χ0) is 17.4. The van der Waals surface area contributed by atoms with Gasteiger partial charge in [-0.3, -0.25) is 14.7 Å². The van der Waals surface area contributed by atoms with Gasteiger partial charge in [0, 0.05) is 23.0 Å². The van der Waals surface area contributed by atoms with Gasteiger partial charge in [-0.1, -0.05) is 30.3 Å². The van der Waals surface area contributed by atoms with Gasteiger partial charge in [0.25, 0.3) is 5.91 Å². The molecule has 0 fully saturated rings. The minimum atomic E-state index is -1.61. The third-order valence-corrected chi connectivity index (χ3v) is 4.42. The van der Waals surface area contributed by atoms with Crippen LogP contribution < -0.4 is 9.64 Å². The summed E-state index contributed by atoms with van der Waals surface area (Å²) in [5, 5.41) is 11.7. The normalized spacial score (nSPS) is 19.0. The number of aromatic nitrogens is 1. The van der Waals surface area contributed by atoms with Crippen molar-refractivity contribution in [2.75, 3.05) is 12.0 Å². The number of rotatable bonds is 3. The number of ether oxygens (including phenoxy) is 1. The average Bonchev–Trinajstić information content (AvgIpc) is 2.91. The number of methoxy groups -OCH3 is 1. The summed E-state index contributed by atoms with van der Waals surface area (Å²) >= 11 is 0. The van der Waals surface area contributed by atoms with Crippen LogP contribution in [0.4, 0.5) is 5.69 Å². The van der Waals surface area contributed by atoms with Crippen molar-refractivity contribution in [2.24, 2.45) is 0 Å². The Hall–Kier alpha value is -3.18. The minimum absolute atomic E-state index is 0.254. The molecule has 0 bridgehead atoms. The molecule has 1 amide bonds. The van der Waals surface area contributed by atoms with Gasteiger partial charge in [-0.15, -0.1) is 0 Å². The molecule has 1 aromatic heterocycles. The highest BCUT2D eigenvalue weighted by Gasteiger charge is 2.51. The molecule has 0 saturated carbocycles. The fraction of sp³-hybridized carbons (Fsp3) is 0.100. The Kier molecular flexibility index (Phi) is 3.51. The summed E-state index contributed by atoms with van der Waals surface area (Å²) in [5.41, 5.74) is 0.282. The van der Waals surface area contributed by atoms with E-state index in [4.69, 9.17) is 4.74 Å². The second-order valence-corrected chi connectivity index (χ2v) is 5.78. The molecular weight excluding hydrogens is 316 g/mol. The van der Waals surface area contributed by atoms with E-state index in [0.29, 0.717) is 22.6 Å². The Morgan fingerprint density at radius 1 is 1.00 bits per heavy atom. The molecule has 0 unspecified atom stereocenters. The highest BCUT2D eigenvalue weighted by atomic mass is 16.5. The molecule has 2 heterocycles. The van der Waals surface area contributed by atoms with Crippen LogP contribution in [0.3, 0.4) is 0 Å². The molecule has 5 nitrogen and oxygen atoms in total. The summed E-state index contributed by atoms with van der Waals surface area (Å²) in [6.45, 7) is 0. The lowest BCUT2D eigenvalue weighted by Gasteiger charge is -2.34. The van der Waals surface area contributed by atoms with E-state index in [2.05, 4.69) is 4.98 Å². The van der Waals surface area contributed by atoms with Gasteiger partial charge >= 0.3 is 0 Å². The van der Waals surface area contributed by atoms with Gasteiger partial charge in [0.1, 0.15) is 11.4 Å². The van der Waals surface area contributed by atoms with Crippen LogP contribution in [0.25, 0.3) is 0 Å². The summed E-state index contributed by atoms with van der Waals surface area (Å²) in [6.07, 6.45) is 1.56. The molecule has 1 N–H and O–H groups in total. The molecule has 0 spiro atoms. The molecule has 5 heteroatoms. The van der Waals surface area contributed by atoms with Crippen LogP contribution in [0, 0.1) is 0 Å². The topological polar surface area (TPSA) is 62.7 Å². The number of aliphatic hydroxyl groups is 1. The first kappa shape index (κ1) is 15.4. The van der Waals surface area contributed by atoms with Gasteiger partial charge < -0.3 is 9.84 Å². The van der Waals surface area contributed by atoms with Crippen molar-refractivity contribution in [3.8, 4) is 5.75 Å². The molecule has 124 valence electrons. The van der Waals surface area contributed by atoms with Crippen LogP contribution in [0.2, 0.25) is 0 Å². The first-order valence-electron chi connectivity index (χ1n) is 7.88. The van der Waals surface area contributed by atoms with Gasteiger partial charge in [-0.05, 0) is 36.4 Å². The fourth-order valence-electron chi connectivity index (χ4n) is 3.22. The molecule has 2 aromatic carbocycles. The van der Waals surface area contributed by atoms with Crippen molar-refractivity contribution in [3.05, 3.63) is 89.7 Å². The van der Waals surface area contributed by atoms with Crippen molar-refractivity contribution in [1.82, 2.24) is 4.98 Å². The van der Waals surface area contributed by atoms with Crippen LogP contribution in [0.1, 0.15) is 21.6 Å². The van der Waals surface area contributed by atoms with E-state index in [1.54, 1.807) is 61.8 Å².